The molecule has 0 amide bonds. The lowest BCUT2D eigenvalue weighted by molar-refractivity contribution is -0.384. The first kappa shape index (κ1) is 28.7. The average Bonchev–Trinajstić information content (AvgIpc) is 3.42. The van der Waals surface area contributed by atoms with Crippen LogP contribution in [0.3, 0.4) is 0 Å². The first-order chi connectivity index (χ1) is 19.6. The molecule has 3 aromatic rings. The summed E-state index contributed by atoms with van der Waals surface area (Å²) in [5.41, 5.74) is 2.28. The largest absolute Gasteiger partial charge is 0.490 e. The molecule has 3 atom stereocenters. The van der Waals surface area contributed by atoms with E-state index in [9.17, 15) is 24.5 Å². The van der Waals surface area contributed by atoms with E-state index < -0.39 is 41.1 Å². The van der Waals surface area contributed by atoms with Gasteiger partial charge in [0.2, 0.25) is 0 Å². The van der Waals surface area contributed by atoms with Crippen molar-refractivity contribution in [3.8, 4) is 5.69 Å². The highest BCUT2D eigenvalue weighted by Crippen LogP contribution is 2.31. The fraction of sp³-hybridized carbons (Fsp3) is 0.250. The maximum Gasteiger partial charge on any atom is 0.303 e. The zero-order chi connectivity index (χ0) is 29.5. The van der Waals surface area contributed by atoms with Crippen LogP contribution in [0.5, 0.6) is 0 Å². The molecule has 2 heterocycles. The van der Waals surface area contributed by atoms with E-state index in [2.05, 4.69) is 10.3 Å². The monoisotopic (exact) mass is 562 g/mol. The second kappa shape index (κ2) is 12.7. The van der Waals surface area contributed by atoms with Crippen molar-refractivity contribution < 1.29 is 38.3 Å². The van der Waals surface area contributed by atoms with Gasteiger partial charge in [-0.25, -0.2) is 4.68 Å². The molecule has 0 saturated carbocycles. The third kappa shape index (κ3) is 7.20. The molecule has 0 radical (unpaired) electrons. The summed E-state index contributed by atoms with van der Waals surface area (Å²) in [6.45, 7) is 3.39. The van der Waals surface area contributed by atoms with Gasteiger partial charge in [0.1, 0.15) is 12.3 Å². The van der Waals surface area contributed by atoms with Crippen LogP contribution in [0.15, 0.2) is 78.7 Å². The zero-order valence-corrected chi connectivity index (χ0v) is 22.3. The Balaban J connectivity index is 1.79. The molecule has 0 spiro atoms. The predicted octanol–water partition coefficient (Wildman–Crippen LogP) is 3.32. The highest BCUT2D eigenvalue weighted by atomic mass is 16.6. The van der Waals surface area contributed by atoms with Crippen LogP contribution in [0.4, 0.5) is 5.69 Å². The molecular formula is C28H26N4O9. The van der Waals surface area contributed by atoms with Crippen molar-refractivity contribution in [2.75, 3.05) is 6.61 Å². The topological polar surface area (TPSA) is 162 Å². The number of benzene rings is 2. The number of nitrogens with zero attached hydrogens (tertiary/aromatic N) is 4. The highest BCUT2D eigenvalue weighted by molar-refractivity contribution is 5.80. The van der Waals surface area contributed by atoms with E-state index in [1.165, 1.54) is 49.9 Å². The fourth-order valence-corrected chi connectivity index (χ4v) is 4.14. The molecule has 2 aromatic carbocycles. The van der Waals surface area contributed by atoms with Gasteiger partial charge in [0.25, 0.3) is 5.69 Å². The first-order valence-electron chi connectivity index (χ1n) is 12.4. The van der Waals surface area contributed by atoms with Gasteiger partial charge in [-0.15, -0.1) is 5.10 Å². The van der Waals surface area contributed by atoms with Crippen molar-refractivity contribution in [3.63, 3.8) is 0 Å². The molecule has 13 heteroatoms. The molecule has 1 aliphatic heterocycles. The molecule has 0 fully saturated rings. The minimum atomic E-state index is -1.13. The molecule has 0 bridgehead atoms. The summed E-state index contributed by atoms with van der Waals surface area (Å²) in [5.74, 6) is -1.86. The van der Waals surface area contributed by atoms with Gasteiger partial charge in [-0.2, -0.15) is 0 Å². The van der Waals surface area contributed by atoms with Crippen molar-refractivity contribution in [1.29, 1.82) is 0 Å². The van der Waals surface area contributed by atoms with Crippen LogP contribution in [0, 0.1) is 10.1 Å². The van der Waals surface area contributed by atoms with E-state index in [0.29, 0.717) is 28.1 Å². The number of non-ortho nitro benzene ring substituents is 1. The molecule has 0 aliphatic carbocycles. The van der Waals surface area contributed by atoms with Crippen molar-refractivity contribution in [1.82, 2.24) is 15.0 Å². The summed E-state index contributed by atoms with van der Waals surface area (Å²) in [5, 5.41) is 19.7. The van der Waals surface area contributed by atoms with Crippen molar-refractivity contribution in [3.05, 3.63) is 100 Å². The quantitative estimate of drug-likeness (QED) is 0.163. The number of hydrogen-bond donors (Lipinski definition) is 0. The van der Waals surface area contributed by atoms with Crippen LogP contribution in [0.1, 0.15) is 32.0 Å². The van der Waals surface area contributed by atoms with Crippen molar-refractivity contribution in [2.24, 2.45) is 0 Å². The number of hydrogen-bond acceptors (Lipinski definition) is 11. The van der Waals surface area contributed by atoms with E-state index in [1.54, 1.807) is 18.3 Å². The number of carbonyl (C=O) groups is 3. The lowest BCUT2D eigenvalue weighted by Crippen LogP contribution is -2.49. The fourth-order valence-electron chi connectivity index (χ4n) is 4.14. The Morgan fingerprint density at radius 2 is 1.76 bits per heavy atom. The Labute approximate surface area is 234 Å². The number of nitro groups is 1. The SMILES string of the molecule is CC(=O)OC[C@H]1OC=C(/C=C(\c2ccccc2)c2cn(-c3cccc([N+](=O)[O-])c3)nn2)[C@@H](OC(C)=O)[C@@H]1OC(C)=O. The lowest BCUT2D eigenvalue weighted by atomic mass is 9.93. The second-order valence-electron chi connectivity index (χ2n) is 8.95. The van der Waals surface area contributed by atoms with Gasteiger partial charge in [0, 0.05) is 44.1 Å². The summed E-state index contributed by atoms with van der Waals surface area (Å²) >= 11 is 0. The van der Waals surface area contributed by atoms with Gasteiger partial charge in [-0.05, 0) is 17.7 Å². The highest BCUT2D eigenvalue weighted by Gasteiger charge is 2.42. The third-order valence-corrected chi connectivity index (χ3v) is 5.89. The molecule has 212 valence electrons. The minimum absolute atomic E-state index is 0.105. The second-order valence-corrected chi connectivity index (χ2v) is 8.95. The predicted molar refractivity (Wildman–Crippen MR) is 142 cm³/mol. The van der Waals surface area contributed by atoms with Crippen LogP contribution < -0.4 is 0 Å². The van der Waals surface area contributed by atoms with Crippen molar-refractivity contribution >= 4 is 29.2 Å². The number of carbonyl (C=O) groups excluding carboxylic acids is 3. The number of nitro benzene ring substituents is 1. The number of esters is 3. The maximum atomic E-state index is 12.1. The average molecular weight is 563 g/mol. The van der Waals surface area contributed by atoms with E-state index >= 15 is 0 Å². The van der Waals surface area contributed by atoms with Crippen LogP contribution in [0.25, 0.3) is 11.3 Å². The molecule has 0 saturated heterocycles. The third-order valence-electron chi connectivity index (χ3n) is 5.89. The standard InChI is InChI=1S/C28H26N4O9/c1-17(33)38-16-26-28(41-19(3)35)27(40-18(2)34)21(15-39-26)12-24(20-8-5-4-6-9-20)25-14-31(30-29-25)22-10-7-11-23(13-22)32(36)37/h4-15,26-28H,16H2,1-3H3/b24-12+/t26-,27-,28-/m1/s1. The Kier molecular flexibility index (Phi) is 8.87. The number of aromatic nitrogens is 3. The van der Waals surface area contributed by atoms with Gasteiger partial charge in [0.05, 0.1) is 23.1 Å². The van der Waals surface area contributed by atoms with Gasteiger partial charge in [-0.3, -0.25) is 24.5 Å². The summed E-state index contributed by atoms with van der Waals surface area (Å²) in [6, 6.07) is 15.1. The van der Waals surface area contributed by atoms with E-state index in [0.717, 1.165) is 0 Å². The Hall–Kier alpha value is -5.33. The summed E-state index contributed by atoms with van der Waals surface area (Å²) < 4.78 is 23.3. The molecule has 0 unspecified atom stereocenters. The minimum Gasteiger partial charge on any atom is -0.490 e. The molecule has 0 N–H and O–H groups in total. The maximum absolute atomic E-state index is 12.1. The van der Waals surface area contributed by atoms with E-state index in [-0.39, 0.29) is 12.3 Å². The van der Waals surface area contributed by atoms with Gasteiger partial charge < -0.3 is 18.9 Å². The molecule has 1 aliphatic rings. The lowest BCUT2D eigenvalue weighted by Gasteiger charge is -2.35. The Morgan fingerprint density at radius 3 is 2.41 bits per heavy atom. The summed E-state index contributed by atoms with van der Waals surface area (Å²) in [6.07, 6.45) is 1.40. The Bertz CT molecular complexity index is 1510. The normalized spacial score (nSPS) is 18.5. The summed E-state index contributed by atoms with van der Waals surface area (Å²) in [7, 11) is 0. The van der Waals surface area contributed by atoms with Gasteiger partial charge >= 0.3 is 17.9 Å². The van der Waals surface area contributed by atoms with Crippen LogP contribution in [-0.2, 0) is 33.3 Å². The first-order valence-corrected chi connectivity index (χ1v) is 12.4. The number of ether oxygens (including phenoxy) is 4. The number of rotatable bonds is 9. The van der Waals surface area contributed by atoms with Crippen molar-refractivity contribution in [2.45, 2.75) is 39.1 Å². The van der Waals surface area contributed by atoms with Crippen LogP contribution >= 0.6 is 0 Å². The molecule has 41 heavy (non-hydrogen) atoms. The molecule has 1 aromatic heterocycles. The van der Waals surface area contributed by atoms with Crippen LogP contribution in [0.2, 0.25) is 0 Å². The molecular weight excluding hydrogens is 536 g/mol. The molecule has 13 nitrogen and oxygen atoms in total. The van der Waals surface area contributed by atoms with E-state index in [4.69, 9.17) is 18.9 Å². The summed E-state index contributed by atoms with van der Waals surface area (Å²) in [4.78, 5) is 46.2. The van der Waals surface area contributed by atoms with E-state index in [1.807, 2.05) is 30.3 Å². The van der Waals surface area contributed by atoms with Crippen LogP contribution in [-0.4, -0.2) is 62.7 Å². The molecule has 4 rings (SSSR count). The zero-order valence-electron chi connectivity index (χ0n) is 22.3. The van der Waals surface area contributed by atoms with Gasteiger partial charge in [-0.1, -0.05) is 41.6 Å². The van der Waals surface area contributed by atoms with Gasteiger partial charge in [0.15, 0.2) is 18.3 Å². The Morgan fingerprint density at radius 1 is 1.02 bits per heavy atom. The smallest absolute Gasteiger partial charge is 0.303 e.